The first-order valence-corrected chi connectivity index (χ1v) is 8.16. The highest BCUT2D eigenvalue weighted by molar-refractivity contribution is 9.08. The molecular weight excluding hydrogens is 352 g/mol. The molecule has 2 rings (SSSR count). The molecule has 20 heavy (non-hydrogen) atoms. The number of benzene rings is 2. The van der Waals surface area contributed by atoms with Crippen LogP contribution in [-0.4, -0.2) is 8.42 Å². The lowest BCUT2D eigenvalue weighted by atomic mass is 10.2. The largest absolute Gasteiger partial charge is 0.279 e. The number of sulfonamides is 1. The Morgan fingerprint density at radius 3 is 2.50 bits per heavy atom. The summed E-state index contributed by atoms with van der Waals surface area (Å²) in [5.41, 5.74) is 1.00. The Hall–Kier alpha value is -1.47. The molecule has 0 unspecified atom stereocenters. The second-order valence-corrected chi connectivity index (χ2v) is 6.18. The maximum absolute atomic E-state index is 13.6. The van der Waals surface area contributed by atoms with E-state index >= 15 is 0 Å². The van der Waals surface area contributed by atoms with Crippen molar-refractivity contribution in [2.45, 2.75) is 10.2 Å². The molecule has 0 aliphatic rings. The zero-order valence-corrected chi connectivity index (χ0v) is 12.5. The monoisotopic (exact) mass is 361 g/mol. The molecule has 3 nitrogen and oxygen atoms in total. The van der Waals surface area contributed by atoms with Gasteiger partial charge in [0.15, 0.2) is 0 Å². The van der Waals surface area contributed by atoms with Crippen LogP contribution in [-0.2, 0) is 15.4 Å². The molecule has 7 heteroatoms. The smallest absolute Gasteiger partial charge is 0.264 e. The van der Waals surface area contributed by atoms with E-state index in [0.29, 0.717) is 22.6 Å². The fraction of sp³-hybridized carbons (Fsp3) is 0.0769. The average molecular weight is 362 g/mol. The normalized spacial score (nSPS) is 11.3. The molecule has 0 saturated carbocycles. The van der Waals surface area contributed by atoms with Crippen molar-refractivity contribution in [2.75, 3.05) is 4.72 Å². The van der Waals surface area contributed by atoms with Gasteiger partial charge >= 0.3 is 0 Å². The predicted molar refractivity (Wildman–Crippen MR) is 76.2 cm³/mol. The highest BCUT2D eigenvalue weighted by atomic mass is 79.9. The molecule has 106 valence electrons. The van der Waals surface area contributed by atoms with Crippen LogP contribution in [0, 0.1) is 11.6 Å². The number of hydrogen-bond donors (Lipinski definition) is 1. The summed E-state index contributed by atoms with van der Waals surface area (Å²) in [5, 5.41) is 0.428. The zero-order valence-electron chi connectivity index (χ0n) is 10.1. The number of alkyl halides is 1. The van der Waals surface area contributed by atoms with Gasteiger partial charge in [0.2, 0.25) is 0 Å². The molecule has 2 aromatic carbocycles. The van der Waals surface area contributed by atoms with E-state index < -0.39 is 26.6 Å². The van der Waals surface area contributed by atoms with Crippen LogP contribution in [0.3, 0.4) is 0 Å². The molecule has 0 aliphatic carbocycles. The van der Waals surface area contributed by atoms with Crippen LogP contribution in [0.15, 0.2) is 47.4 Å². The Bertz CT molecular complexity index is 735. The predicted octanol–water partition coefficient (Wildman–Crippen LogP) is 3.66. The molecular formula is C13H10BrF2NO2S. The topological polar surface area (TPSA) is 46.2 Å². The highest BCUT2D eigenvalue weighted by Gasteiger charge is 2.20. The van der Waals surface area contributed by atoms with Crippen molar-refractivity contribution in [1.82, 2.24) is 0 Å². The summed E-state index contributed by atoms with van der Waals surface area (Å²) >= 11 is 3.23. The molecule has 0 aliphatic heterocycles. The first-order chi connectivity index (χ1) is 9.44. The van der Waals surface area contributed by atoms with Gasteiger partial charge in [-0.1, -0.05) is 34.1 Å². The Morgan fingerprint density at radius 2 is 1.80 bits per heavy atom. The number of para-hydroxylation sites is 1. The highest BCUT2D eigenvalue weighted by Crippen LogP contribution is 2.23. The van der Waals surface area contributed by atoms with E-state index in [9.17, 15) is 17.2 Å². The van der Waals surface area contributed by atoms with Crippen molar-refractivity contribution in [3.05, 3.63) is 59.7 Å². The molecule has 0 amide bonds. The third-order valence-corrected chi connectivity index (χ3v) is 4.57. The maximum Gasteiger partial charge on any atom is 0.264 e. The number of anilines is 1. The van der Waals surface area contributed by atoms with Gasteiger partial charge in [-0.05, 0) is 29.8 Å². The van der Waals surface area contributed by atoms with Crippen LogP contribution in [0.5, 0.6) is 0 Å². The van der Waals surface area contributed by atoms with Crippen LogP contribution >= 0.6 is 15.9 Å². The Labute approximate surface area is 123 Å². The van der Waals surface area contributed by atoms with E-state index in [1.807, 2.05) is 0 Å². The summed E-state index contributed by atoms with van der Waals surface area (Å²) in [6, 6.07) is 8.94. The summed E-state index contributed by atoms with van der Waals surface area (Å²) in [6.45, 7) is 0. The van der Waals surface area contributed by atoms with Gasteiger partial charge in [-0.15, -0.1) is 0 Å². The van der Waals surface area contributed by atoms with E-state index in [2.05, 4.69) is 20.7 Å². The molecule has 0 saturated heterocycles. The van der Waals surface area contributed by atoms with E-state index in [-0.39, 0.29) is 0 Å². The van der Waals surface area contributed by atoms with Crippen LogP contribution in [0.1, 0.15) is 5.56 Å². The van der Waals surface area contributed by atoms with Gasteiger partial charge < -0.3 is 0 Å². The second kappa shape index (κ2) is 5.88. The van der Waals surface area contributed by atoms with E-state index in [1.165, 1.54) is 0 Å². The molecule has 0 aromatic heterocycles. The summed E-state index contributed by atoms with van der Waals surface area (Å²) in [5.74, 6) is -1.82. The van der Waals surface area contributed by atoms with E-state index in [1.54, 1.807) is 24.3 Å². The van der Waals surface area contributed by atoms with Gasteiger partial charge in [-0.3, -0.25) is 4.72 Å². The molecule has 0 radical (unpaired) electrons. The SMILES string of the molecule is O=S(=O)(Nc1ccccc1CBr)c1cc(F)ccc1F. The molecule has 0 atom stereocenters. The number of hydrogen-bond acceptors (Lipinski definition) is 2. The van der Waals surface area contributed by atoms with Crippen LogP contribution in [0.2, 0.25) is 0 Å². The van der Waals surface area contributed by atoms with E-state index in [4.69, 9.17) is 0 Å². The third-order valence-electron chi connectivity index (χ3n) is 2.59. The van der Waals surface area contributed by atoms with Crippen LogP contribution in [0.25, 0.3) is 0 Å². The Balaban J connectivity index is 2.43. The molecule has 0 heterocycles. The fourth-order valence-corrected chi connectivity index (χ4v) is 3.30. The minimum Gasteiger partial charge on any atom is -0.279 e. The average Bonchev–Trinajstić information content (AvgIpc) is 2.41. The van der Waals surface area contributed by atoms with Crippen molar-refractivity contribution >= 4 is 31.6 Å². The van der Waals surface area contributed by atoms with Crippen molar-refractivity contribution in [3.8, 4) is 0 Å². The second-order valence-electron chi connectivity index (χ2n) is 3.97. The van der Waals surface area contributed by atoms with Gasteiger partial charge in [-0.25, -0.2) is 17.2 Å². The molecule has 2 aromatic rings. The maximum atomic E-state index is 13.6. The minimum atomic E-state index is -4.18. The number of rotatable bonds is 4. The van der Waals surface area contributed by atoms with Gasteiger partial charge in [-0.2, -0.15) is 0 Å². The Kier molecular flexibility index (Phi) is 4.39. The van der Waals surface area contributed by atoms with Crippen LogP contribution in [0.4, 0.5) is 14.5 Å². The van der Waals surface area contributed by atoms with Gasteiger partial charge in [0.1, 0.15) is 16.5 Å². The number of halogens is 3. The van der Waals surface area contributed by atoms with Crippen LogP contribution < -0.4 is 4.72 Å². The summed E-state index contributed by atoms with van der Waals surface area (Å²) < 4.78 is 53.1. The third kappa shape index (κ3) is 3.16. The van der Waals surface area contributed by atoms with Crippen molar-refractivity contribution in [3.63, 3.8) is 0 Å². The first-order valence-electron chi connectivity index (χ1n) is 5.56. The standard InChI is InChI=1S/C13H10BrF2NO2S/c14-8-9-3-1-2-4-12(9)17-20(18,19)13-7-10(15)5-6-11(13)16/h1-7,17H,8H2. The Morgan fingerprint density at radius 1 is 1.10 bits per heavy atom. The summed E-state index contributed by atoms with van der Waals surface area (Å²) in [7, 11) is -4.18. The van der Waals surface area contributed by atoms with Crippen molar-refractivity contribution in [1.29, 1.82) is 0 Å². The molecule has 0 fully saturated rings. The van der Waals surface area contributed by atoms with Gasteiger partial charge in [0.25, 0.3) is 10.0 Å². The zero-order chi connectivity index (χ0) is 14.8. The molecule has 0 spiro atoms. The number of nitrogens with one attached hydrogen (secondary N) is 1. The lowest BCUT2D eigenvalue weighted by Gasteiger charge is -2.11. The lowest BCUT2D eigenvalue weighted by Crippen LogP contribution is -2.15. The molecule has 0 bridgehead atoms. The lowest BCUT2D eigenvalue weighted by molar-refractivity contribution is 0.555. The minimum absolute atomic E-state index is 0.313. The van der Waals surface area contributed by atoms with E-state index in [0.717, 1.165) is 12.1 Å². The first kappa shape index (κ1) is 14.9. The summed E-state index contributed by atoms with van der Waals surface area (Å²) in [4.78, 5) is -0.720. The summed E-state index contributed by atoms with van der Waals surface area (Å²) in [6.07, 6.45) is 0. The fourth-order valence-electron chi connectivity index (χ4n) is 1.62. The van der Waals surface area contributed by atoms with Gasteiger partial charge in [0.05, 0.1) is 5.69 Å². The quantitative estimate of drug-likeness (QED) is 0.844. The van der Waals surface area contributed by atoms with Gasteiger partial charge in [0, 0.05) is 5.33 Å². The van der Waals surface area contributed by atoms with Crippen molar-refractivity contribution in [2.24, 2.45) is 0 Å². The van der Waals surface area contributed by atoms with Crippen molar-refractivity contribution < 1.29 is 17.2 Å². The molecule has 1 N–H and O–H groups in total.